The number of pyridine rings is 1. The zero-order valence-corrected chi connectivity index (χ0v) is 7.17. The molecule has 1 aromatic rings. The van der Waals surface area contributed by atoms with Gasteiger partial charge in [0.1, 0.15) is 0 Å². The minimum absolute atomic E-state index is 0.287. The van der Waals surface area contributed by atoms with Crippen molar-refractivity contribution < 1.29 is 0 Å². The molecule has 2 rings (SSSR count). The molecule has 1 fully saturated rings. The fourth-order valence-electron chi connectivity index (χ4n) is 1.16. The van der Waals surface area contributed by atoms with E-state index >= 15 is 0 Å². The molecular formula is C9H13N3. The molecule has 0 aliphatic heterocycles. The third-order valence-electron chi connectivity index (χ3n) is 2.29. The third-order valence-corrected chi connectivity index (χ3v) is 2.29. The van der Waals surface area contributed by atoms with Gasteiger partial charge in [0.25, 0.3) is 0 Å². The van der Waals surface area contributed by atoms with Gasteiger partial charge in [-0.25, -0.2) is 0 Å². The van der Waals surface area contributed by atoms with Crippen molar-refractivity contribution in [3.05, 3.63) is 18.5 Å². The van der Waals surface area contributed by atoms with E-state index in [-0.39, 0.29) is 5.54 Å². The Bertz CT molecular complexity index is 292. The van der Waals surface area contributed by atoms with Gasteiger partial charge in [-0.05, 0) is 25.8 Å². The molecule has 1 saturated carbocycles. The van der Waals surface area contributed by atoms with E-state index in [2.05, 4.69) is 17.2 Å². The third kappa shape index (κ3) is 1.35. The predicted octanol–water partition coefficient (Wildman–Crippen LogP) is 1.63. The van der Waals surface area contributed by atoms with Crippen molar-refractivity contribution in [2.45, 2.75) is 25.3 Å². The number of hydrogen-bond donors (Lipinski definition) is 2. The zero-order valence-electron chi connectivity index (χ0n) is 7.17. The summed E-state index contributed by atoms with van der Waals surface area (Å²) in [6, 6.07) is 1.92. The minimum Gasteiger partial charge on any atom is -0.396 e. The topological polar surface area (TPSA) is 50.9 Å². The molecule has 1 aliphatic rings. The quantitative estimate of drug-likeness (QED) is 0.696. The molecule has 0 radical (unpaired) electrons. The van der Waals surface area contributed by atoms with Gasteiger partial charge in [-0.1, -0.05) is 0 Å². The normalized spacial score (nSPS) is 18.8. The van der Waals surface area contributed by atoms with Crippen LogP contribution in [0.3, 0.4) is 0 Å². The first-order valence-corrected chi connectivity index (χ1v) is 4.17. The lowest BCUT2D eigenvalue weighted by atomic mass is 10.2. The van der Waals surface area contributed by atoms with Crippen molar-refractivity contribution >= 4 is 11.4 Å². The van der Waals surface area contributed by atoms with Gasteiger partial charge in [-0.2, -0.15) is 0 Å². The van der Waals surface area contributed by atoms with Crippen LogP contribution < -0.4 is 11.1 Å². The van der Waals surface area contributed by atoms with Crippen LogP contribution in [0.1, 0.15) is 19.8 Å². The Morgan fingerprint density at radius 3 is 2.92 bits per heavy atom. The lowest BCUT2D eigenvalue weighted by molar-refractivity contribution is 0.829. The Kier molecular flexibility index (Phi) is 1.46. The number of anilines is 2. The highest BCUT2D eigenvalue weighted by Crippen LogP contribution is 2.39. The smallest absolute Gasteiger partial charge is 0.0736 e. The molecule has 3 nitrogen and oxygen atoms in total. The van der Waals surface area contributed by atoms with Crippen molar-refractivity contribution in [2.75, 3.05) is 11.1 Å². The summed E-state index contributed by atoms with van der Waals surface area (Å²) in [5, 5.41) is 3.40. The van der Waals surface area contributed by atoms with Crippen LogP contribution in [-0.4, -0.2) is 10.5 Å². The number of nitrogens with two attached hydrogens (primary N) is 1. The van der Waals surface area contributed by atoms with E-state index in [0.717, 1.165) is 11.4 Å². The van der Waals surface area contributed by atoms with E-state index in [4.69, 9.17) is 5.73 Å². The SMILES string of the molecule is CC1(Nc2ccncc2N)CC1. The van der Waals surface area contributed by atoms with Crippen molar-refractivity contribution in [1.29, 1.82) is 0 Å². The first-order valence-electron chi connectivity index (χ1n) is 4.17. The fraction of sp³-hybridized carbons (Fsp3) is 0.444. The predicted molar refractivity (Wildman–Crippen MR) is 49.9 cm³/mol. The molecule has 0 atom stereocenters. The number of aromatic nitrogens is 1. The number of rotatable bonds is 2. The van der Waals surface area contributed by atoms with Crippen LogP contribution in [0.15, 0.2) is 18.5 Å². The summed E-state index contributed by atoms with van der Waals surface area (Å²) in [4.78, 5) is 3.93. The summed E-state index contributed by atoms with van der Waals surface area (Å²) >= 11 is 0. The standard InChI is InChI=1S/C9H13N3/c1-9(3-4-9)12-8-2-5-11-6-7(8)10/h2,5-6H,3-4,10H2,1H3,(H,11,12). The van der Waals surface area contributed by atoms with E-state index in [1.807, 2.05) is 6.07 Å². The molecule has 0 aromatic carbocycles. The summed E-state index contributed by atoms with van der Waals surface area (Å²) in [5.41, 5.74) is 7.75. The molecule has 1 aliphatic carbocycles. The average molecular weight is 163 g/mol. The van der Waals surface area contributed by atoms with Crippen LogP contribution in [0.4, 0.5) is 11.4 Å². The van der Waals surface area contributed by atoms with Gasteiger partial charge in [0.05, 0.1) is 17.6 Å². The highest BCUT2D eigenvalue weighted by molar-refractivity contribution is 5.65. The fourth-order valence-corrected chi connectivity index (χ4v) is 1.16. The van der Waals surface area contributed by atoms with E-state index < -0.39 is 0 Å². The second-order valence-electron chi connectivity index (χ2n) is 3.65. The van der Waals surface area contributed by atoms with E-state index in [1.54, 1.807) is 12.4 Å². The van der Waals surface area contributed by atoms with Gasteiger partial charge in [-0.3, -0.25) is 4.98 Å². The number of nitrogens with zero attached hydrogens (tertiary/aromatic N) is 1. The summed E-state index contributed by atoms with van der Waals surface area (Å²) in [5.74, 6) is 0. The van der Waals surface area contributed by atoms with Crippen molar-refractivity contribution in [3.63, 3.8) is 0 Å². The number of nitrogens with one attached hydrogen (secondary N) is 1. The molecule has 64 valence electrons. The van der Waals surface area contributed by atoms with Gasteiger partial charge >= 0.3 is 0 Å². The van der Waals surface area contributed by atoms with E-state index in [0.29, 0.717) is 0 Å². The van der Waals surface area contributed by atoms with Crippen LogP contribution >= 0.6 is 0 Å². The van der Waals surface area contributed by atoms with Crippen LogP contribution in [0.2, 0.25) is 0 Å². The second-order valence-corrected chi connectivity index (χ2v) is 3.65. The van der Waals surface area contributed by atoms with Gasteiger partial charge in [0.2, 0.25) is 0 Å². The van der Waals surface area contributed by atoms with Crippen LogP contribution in [-0.2, 0) is 0 Å². The highest BCUT2D eigenvalue weighted by Gasteiger charge is 2.37. The molecule has 0 unspecified atom stereocenters. The first-order chi connectivity index (χ1) is 5.70. The summed E-state index contributed by atoms with van der Waals surface area (Å²) in [6.45, 7) is 2.20. The van der Waals surface area contributed by atoms with Crippen molar-refractivity contribution in [1.82, 2.24) is 4.98 Å². The summed E-state index contributed by atoms with van der Waals surface area (Å²) in [6.07, 6.45) is 5.89. The zero-order chi connectivity index (χ0) is 8.60. The Hall–Kier alpha value is -1.25. The van der Waals surface area contributed by atoms with Gasteiger partial charge < -0.3 is 11.1 Å². The molecule has 12 heavy (non-hydrogen) atoms. The average Bonchev–Trinajstić information content (AvgIpc) is 2.74. The van der Waals surface area contributed by atoms with Gasteiger partial charge in [-0.15, -0.1) is 0 Å². The maximum absolute atomic E-state index is 5.73. The minimum atomic E-state index is 0.287. The maximum atomic E-state index is 5.73. The Morgan fingerprint density at radius 2 is 2.33 bits per heavy atom. The monoisotopic (exact) mass is 163 g/mol. The number of nitrogen functional groups attached to an aromatic ring is 1. The van der Waals surface area contributed by atoms with E-state index in [9.17, 15) is 0 Å². The van der Waals surface area contributed by atoms with Gasteiger partial charge in [0, 0.05) is 11.7 Å². The molecule has 0 bridgehead atoms. The molecule has 0 saturated heterocycles. The number of hydrogen-bond acceptors (Lipinski definition) is 3. The lowest BCUT2D eigenvalue weighted by Gasteiger charge is -2.14. The Labute approximate surface area is 72.0 Å². The molecule has 3 N–H and O–H groups in total. The molecule has 0 spiro atoms. The van der Waals surface area contributed by atoms with Crippen LogP contribution in [0, 0.1) is 0 Å². The summed E-state index contributed by atoms with van der Waals surface area (Å²) < 4.78 is 0. The lowest BCUT2D eigenvalue weighted by Crippen LogP contribution is -2.16. The largest absolute Gasteiger partial charge is 0.396 e. The molecule has 1 heterocycles. The molecule has 1 aromatic heterocycles. The highest BCUT2D eigenvalue weighted by atomic mass is 15.0. The van der Waals surface area contributed by atoms with Crippen molar-refractivity contribution in [2.24, 2.45) is 0 Å². The van der Waals surface area contributed by atoms with Crippen LogP contribution in [0.25, 0.3) is 0 Å². The first kappa shape index (κ1) is 7.40. The summed E-state index contributed by atoms with van der Waals surface area (Å²) in [7, 11) is 0. The molecule has 3 heteroatoms. The van der Waals surface area contributed by atoms with Gasteiger partial charge in [0.15, 0.2) is 0 Å². The maximum Gasteiger partial charge on any atom is 0.0736 e. The molecular weight excluding hydrogens is 150 g/mol. The van der Waals surface area contributed by atoms with E-state index in [1.165, 1.54) is 12.8 Å². The second kappa shape index (κ2) is 2.37. The molecule has 0 amide bonds. The van der Waals surface area contributed by atoms with Crippen LogP contribution in [0.5, 0.6) is 0 Å². The Balaban J connectivity index is 2.17. The van der Waals surface area contributed by atoms with Crippen molar-refractivity contribution in [3.8, 4) is 0 Å². The Morgan fingerprint density at radius 1 is 1.58 bits per heavy atom.